The van der Waals surface area contributed by atoms with Crippen molar-refractivity contribution in [2.24, 2.45) is 0 Å². The van der Waals surface area contributed by atoms with Gasteiger partial charge in [0.1, 0.15) is 12.5 Å². The predicted octanol–water partition coefficient (Wildman–Crippen LogP) is 2.64. The molecule has 0 radical (unpaired) electrons. The summed E-state index contributed by atoms with van der Waals surface area (Å²) in [5, 5.41) is 9.05. The van der Waals surface area contributed by atoms with Gasteiger partial charge in [-0.2, -0.15) is 0 Å². The average molecular weight is 272 g/mol. The van der Waals surface area contributed by atoms with Crippen molar-refractivity contribution >= 4 is 11.8 Å². The first kappa shape index (κ1) is 13.3. The maximum absolute atomic E-state index is 12.8. The number of amides is 1. The van der Waals surface area contributed by atoms with E-state index < -0.39 is 24.9 Å². The second-order valence-electron chi connectivity index (χ2n) is 4.04. The fourth-order valence-electron chi connectivity index (χ4n) is 1.84. The van der Waals surface area contributed by atoms with Crippen molar-refractivity contribution in [2.75, 3.05) is 13.2 Å². The Hall–Kier alpha value is -2.18. The second kappa shape index (κ2) is 5.21. The van der Waals surface area contributed by atoms with E-state index >= 15 is 0 Å². The number of hydrogen-bond donors (Lipinski definition) is 1. The van der Waals surface area contributed by atoms with E-state index in [9.17, 15) is 18.0 Å². The van der Waals surface area contributed by atoms with Gasteiger partial charge in [-0.1, -0.05) is 0 Å². The number of carbonyl (C=O) groups is 1. The molecule has 0 bridgehead atoms. The van der Waals surface area contributed by atoms with Gasteiger partial charge in [-0.05, 0) is 24.3 Å². The van der Waals surface area contributed by atoms with E-state index in [4.69, 9.17) is 5.11 Å². The number of carboxylic acid groups (broad SMARTS) is 1. The summed E-state index contributed by atoms with van der Waals surface area (Å²) in [7, 11) is 0. The van der Waals surface area contributed by atoms with Gasteiger partial charge in [0, 0.05) is 11.8 Å². The first-order chi connectivity index (χ1) is 8.97. The first-order valence-corrected chi connectivity index (χ1v) is 5.48. The topological polar surface area (TPSA) is 43.8 Å². The lowest BCUT2D eigenvalue weighted by atomic mass is 10.1. The van der Waals surface area contributed by atoms with Gasteiger partial charge in [-0.15, -0.1) is 0 Å². The van der Waals surface area contributed by atoms with E-state index in [-0.39, 0.29) is 12.4 Å². The Kier molecular flexibility index (Phi) is 3.64. The molecule has 0 saturated carbocycles. The maximum atomic E-state index is 12.8. The molecule has 1 N–H and O–H groups in total. The van der Waals surface area contributed by atoms with Crippen molar-refractivity contribution in [2.45, 2.75) is 6.43 Å². The molecule has 0 aliphatic carbocycles. The third-order valence-corrected chi connectivity index (χ3v) is 2.66. The standard InChI is InChI=1S/C12H11F3N2O2/c13-9-3-1-8(2-4-9)10-5-16(6-11(14)15)7-17(10)12(18)19/h1-5,11H,6-7H2,(H,18,19). The van der Waals surface area contributed by atoms with Gasteiger partial charge in [-0.3, -0.25) is 4.90 Å². The number of halogens is 3. The minimum absolute atomic E-state index is 0.160. The molecule has 19 heavy (non-hydrogen) atoms. The fourth-order valence-corrected chi connectivity index (χ4v) is 1.84. The molecule has 0 spiro atoms. The molecule has 1 aromatic carbocycles. The van der Waals surface area contributed by atoms with Gasteiger partial charge < -0.3 is 10.0 Å². The number of hydrogen-bond acceptors (Lipinski definition) is 2. The minimum Gasteiger partial charge on any atom is -0.465 e. The quantitative estimate of drug-likeness (QED) is 0.920. The van der Waals surface area contributed by atoms with Crippen LogP contribution in [-0.4, -0.2) is 40.6 Å². The van der Waals surface area contributed by atoms with Crippen LogP contribution in [0.2, 0.25) is 0 Å². The monoisotopic (exact) mass is 272 g/mol. The molecule has 0 aromatic heterocycles. The number of alkyl halides is 2. The summed E-state index contributed by atoms with van der Waals surface area (Å²) in [4.78, 5) is 13.2. The van der Waals surface area contributed by atoms with Crippen molar-refractivity contribution in [3.8, 4) is 0 Å². The van der Waals surface area contributed by atoms with Crippen LogP contribution in [-0.2, 0) is 0 Å². The molecule has 0 saturated heterocycles. The third-order valence-electron chi connectivity index (χ3n) is 2.66. The zero-order valence-electron chi connectivity index (χ0n) is 9.76. The molecule has 7 heteroatoms. The van der Waals surface area contributed by atoms with Crippen LogP contribution < -0.4 is 0 Å². The summed E-state index contributed by atoms with van der Waals surface area (Å²) in [5.41, 5.74) is 0.716. The molecule has 2 rings (SSSR count). The van der Waals surface area contributed by atoms with Crippen molar-refractivity contribution in [3.05, 3.63) is 41.8 Å². The van der Waals surface area contributed by atoms with Gasteiger partial charge in [0.2, 0.25) is 0 Å². The summed E-state index contributed by atoms with van der Waals surface area (Å²) < 4.78 is 37.4. The number of nitrogens with zero attached hydrogens (tertiary/aromatic N) is 2. The van der Waals surface area contributed by atoms with Crippen molar-refractivity contribution in [1.82, 2.24) is 9.80 Å². The van der Waals surface area contributed by atoms with Crippen LogP contribution in [0, 0.1) is 5.82 Å². The number of rotatable bonds is 3. The van der Waals surface area contributed by atoms with Crippen molar-refractivity contribution in [1.29, 1.82) is 0 Å². The first-order valence-electron chi connectivity index (χ1n) is 5.48. The van der Waals surface area contributed by atoms with E-state index in [2.05, 4.69) is 0 Å². The SMILES string of the molecule is O=C(O)N1CN(CC(F)F)C=C1c1ccc(F)cc1. The summed E-state index contributed by atoms with van der Waals surface area (Å²) in [6.45, 7) is -0.707. The highest BCUT2D eigenvalue weighted by Gasteiger charge is 2.28. The zero-order chi connectivity index (χ0) is 14.0. The Balaban J connectivity index is 2.27. The lowest BCUT2D eigenvalue weighted by Gasteiger charge is -2.19. The zero-order valence-corrected chi connectivity index (χ0v) is 9.76. The molecule has 0 fully saturated rings. The van der Waals surface area contributed by atoms with Gasteiger partial charge >= 0.3 is 6.09 Å². The molecule has 1 aromatic rings. The van der Waals surface area contributed by atoms with Crippen LogP contribution in [0.4, 0.5) is 18.0 Å². The Bertz CT molecular complexity index is 502. The lowest BCUT2D eigenvalue weighted by molar-refractivity contribution is 0.0965. The third kappa shape index (κ3) is 2.98. The van der Waals surface area contributed by atoms with E-state index in [1.807, 2.05) is 0 Å². The molecular formula is C12H11F3N2O2. The van der Waals surface area contributed by atoms with Crippen molar-refractivity contribution in [3.63, 3.8) is 0 Å². The maximum Gasteiger partial charge on any atom is 0.413 e. The Morgan fingerprint density at radius 3 is 2.47 bits per heavy atom. The van der Waals surface area contributed by atoms with Gasteiger partial charge in [0.15, 0.2) is 0 Å². The summed E-state index contributed by atoms with van der Waals surface area (Å²) in [6.07, 6.45) is -2.46. The van der Waals surface area contributed by atoms with E-state index in [0.717, 1.165) is 4.90 Å². The fraction of sp³-hybridized carbons (Fsp3) is 0.250. The Morgan fingerprint density at radius 2 is 1.95 bits per heavy atom. The van der Waals surface area contributed by atoms with E-state index in [1.54, 1.807) is 0 Å². The largest absolute Gasteiger partial charge is 0.465 e. The van der Waals surface area contributed by atoms with Gasteiger partial charge in [-0.25, -0.2) is 18.0 Å². The molecule has 1 aliphatic rings. The molecule has 1 aliphatic heterocycles. The van der Waals surface area contributed by atoms with Crippen LogP contribution in [0.3, 0.4) is 0 Å². The highest BCUT2D eigenvalue weighted by atomic mass is 19.3. The molecule has 1 heterocycles. The van der Waals surface area contributed by atoms with Crippen molar-refractivity contribution < 1.29 is 23.1 Å². The van der Waals surface area contributed by atoms with Gasteiger partial charge in [0.25, 0.3) is 6.43 Å². The van der Waals surface area contributed by atoms with E-state index in [0.29, 0.717) is 5.56 Å². The smallest absolute Gasteiger partial charge is 0.413 e. The lowest BCUT2D eigenvalue weighted by Crippen LogP contribution is -2.32. The van der Waals surface area contributed by atoms with E-state index in [1.165, 1.54) is 35.4 Å². The average Bonchev–Trinajstić information content (AvgIpc) is 2.73. The summed E-state index contributed by atoms with van der Waals surface area (Å²) in [5.74, 6) is -0.450. The molecule has 102 valence electrons. The molecule has 0 atom stereocenters. The highest BCUT2D eigenvalue weighted by Crippen LogP contribution is 2.26. The normalized spacial score (nSPS) is 15.1. The van der Waals surface area contributed by atoms with Gasteiger partial charge in [0.05, 0.1) is 12.2 Å². The Morgan fingerprint density at radius 1 is 1.32 bits per heavy atom. The molecule has 0 unspecified atom stereocenters. The molecule has 1 amide bonds. The van der Waals surface area contributed by atoms with Crippen LogP contribution in [0.1, 0.15) is 5.56 Å². The molecule has 4 nitrogen and oxygen atoms in total. The molecular weight excluding hydrogens is 261 g/mol. The highest BCUT2D eigenvalue weighted by molar-refractivity contribution is 5.81. The second-order valence-corrected chi connectivity index (χ2v) is 4.04. The number of benzene rings is 1. The minimum atomic E-state index is -2.56. The van der Waals surface area contributed by atoms with Crippen LogP contribution in [0.5, 0.6) is 0 Å². The van der Waals surface area contributed by atoms with Crippen LogP contribution in [0.15, 0.2) is 30.5 Å². The van der Waals surface area contributed by atoms with Crippen LogP contribution >= 0.6 is 0 Å². The Labute approximate surface area is 107 Å². The predicted molar refractivity (Wildman–Crippen MR) is 61.8 cm³/mol. The summed E-state index contributed by atoms with van der Waals surface area (Å²) in [6, 6.07) is 5.18. The van der Waals surface area contributed by atoms with Crippen LogP contribution in [0.25, 0.3) is 5.70 Å². The summed E-state index contributed by atoms with van der Waals surface area (Å²) >= 11 is 0.